The Labute approximate surface area is 201 Å². The van der Waals surface area contributed by atoms with Crippen molar-refractivity contribution >= 4 is 34.7 Å². The van der Waals surface area contributed by atoms with E-state index in [1.54, 1.807) is 27.3 Å². The average molecular weight is 486 g/mol. The van der Waals surface area contributed by atoms with Crippen molar-refractivity contribution in [1.29, 1.82) is 0 Å². The first-order valence-corrected chi connectivity index (χ1v) is 12.5. The van der Waals surface area contributed by atoms with Gasteiger partial charge in [0.05, 0.1) is 12.0 Å². The van der Waals surface area contributed by atoms with Gasteiger partial charge in [-0.1, -0.05) is 12.1 Å². The van der Waals surface area contributed by atoms with Gasteiger partial charge in [-0.05, 0) is 44.0 Å². The molecular formula is C24H28FN5O3S. The molecule has 1 saturated carbocycles. The van der Waals surface area contributed by atoms with Crippen molar-refractivity contribution in [2.45, 2.75) is 37.5 Å². The highest BCUT2D eigenvalue weighted by molar-refractivity contribution is 7.10. The highest BCUT2D eigenvalue weighted by Crippen LogP contribution is 2.41. The van der Waals surface area contributed by atoms with E-state index in [1.165, 1.54) is 11.3 Å². The van der Waals surface area contributed by atoms with Gasteiger partial charge in [0.2, 0.25) is 11.8 Å². The molecule has 5 rings (SSSR count). The summed E-state index contributed by atoms with van der Waals surface area (Å²) in [6.45, 7) is 2.12. The lowest BCUT2D eigenvalue weighted by atomic mass is 10.0. The molecule has 2 unspecified atom stereocenters. The van der Waals surface area contributed by atoms with Gasteiger partial charge < -0.3 is 15.1 Å². The van der Waals surface area contributed by atoms with Crippen LogP contribution in [0.2, 0.25) is 0 Å². The number of likely N-dealkylation sites (tertiary alicyclic amines) is 1. The van der Waals surface area contributed by atoms with Crippen LogP contribution in [0.5, 0.6) is 0 Å². The van der Waals surface area contributed by atoms with Gasteiger partial charge in [-0.15, -0.1) is 11.3 Å². The highest BCUT2D eigenvalue weighted by Gasteiger charge is 2.48. The number of anilines is 1. The number of amides is 3. The number of aromatic nitrogens is 1. The second kappa shape index (κ2) is 9.07. The third kappa shape index (κ3) is 4.32. The first-order valence-electron chi connectivity index (χ1n) is 11.6. The lowest BCUT2D eigenvalue weighted by Crippen LogP contribution is -2.48. The molecule has 8 nitrogen and oxygen atoms in total. The second-order valence-electron chi connectivity index (χ2n) is 9.34. The minimum atomic E-state index is -1.02. The monoisotopic (exact) mass is 485 g/mol. The first kappa shape index (κ1) is 22.9. The number of likely N-dealkylation sites (N-methyl/N-ethyl adjacent to an activating group) is 2. The van der Waals surface area contributed by atoms with Gasteiger partial charge in [-0.2, -0.15) is 0 Å². The zero-order valence-electron chi connectivity index (χ0n) is 19.2. The Balaban J connectivity index is 1.24. The molecule has 3 aliphatic rings. The van der Waals surface area contributed by atoms with Gasteiger partial charge >= 0.3 is 0 Å². The second-order valence-corrected chi connectivity index (χ2v) is 10.2. The summed E-state index contributed by atoms with van der Waals surface area (Å²) in [4.78, 5) is 47.9. The molecule has 2 saturated heterocycles. The van der Waals surface area contributed by atoms with E-state index >= 15 is 0 Å². The smallest absolute Gasteiger partial charge is 0.275 e. The van der Waals surface area contributed by atoms with Crippen molar-refractivity contribution in [2.24, 2.45) is 5.92 Å². The summed E-state index contributed by atoms with van der Waals surface area (Å²) >= 11 is 1.35. The standard InChI is InChI=1S/C24H28FN5O3S/c1-28-10-11-29(2)24(33)20(28)14-5-7-15(8-6-14)26-21(31)18-13-34-22(27-18)19-4-3-9-30(19)23(32)16-12-17(16)25/h5-8,13,16-17,19-20H,3-4,9-12H2,1-2H3,(H,26,31)/t16?,17-,19+,20?/m0/s1. The highest BCUT2D eigenvalue weighted by atomic mass is 32.1. The number of rotatable bonds is 5. The molecule has 3 heterocycles. The van der Waals surface area contributed by atoms with Crippen LogP contribution in [0.15, 0.2) is 29.6 Å². The molecule has 1 aliphatic carbocycles. The predicted molar refractivity (Wildman–Crippen MR) is 126 cm³/mol. The van der Waals surface area contributed by atoms with Crippen molar-refractivity contribution in [3.05, 3.63) is 45.9 Å². The maximum absolute atomic E-state index is 13.4. The average Bonchev–Trinajstić information content (AvgIpc) is 3.21. The lowest BCUT2D eigenvalue weighted by molar-refractivity contribution is -0.139. The summed E-state index contributed by atoms with van der Waals surface area (Å²) in [7, 11) is 3.74. The van der Waals surface area contributed by atoms with E-state index in [2.05, 4.69) is 10.3 Å². The maximum Gasteiger partial charge on any atom is 0.275 e. The van der Waals surface area contributed by atoms with E-state index < -0.39 is 12.1 Å². The number of hydrogen-bond acceptors (Lipinski definition) is 6. The molecule has 180 valence electrons. The summed E-state index contributed by atoms with van der Waals surface area (Å²) in [5.41, 5.74) is 1.79. The van der Waals surface area contributed by atoms with Crippen molar-refractivity contribution in [2.75, 3.05) is 39.0 Å². The summed E-state index contributed by atoms with van der Waals surface area (Å²) in [5, 5.41) is 5.27. The predicted octanol–water partition coefficient (Wildman–Crippen LogP) is 2.86. The Bertz CT molecular complexity index is 1110. The summed E-state index contributed by atoms with van der Waals surface area (Å²) in [5.74, 6) is -0.911. The molecule has 10 heteroatoms. The van der Waals surface area contributed by atoms with Crippen LogP contribution in [-0.4, -0.2) is 77.3 Å². The largest absolute Gasteiger partial charge is 0.343 e. The zero-order chi connectivity index (χ0) is 24.0. The molecule has 2 aromatic rings. The van der Waals surface area contributed by atoms with E-state index in [0.717, 1.165) is 24.9 Å². The van der Waals surface area contributed by atoms with Crippen LogP contribution in [0.4, 0.5) is 10.1 Å². The molecule has 3 fully saturated rings. The fourth-order valence-corrected chi connectivity index (χ4v) is 5.70. The minimum absolute atomic E-state index is 0.0590. The number of hydrogen-bond donors (Lipinski definition) is 1. The summed E-state index contributed by atoms with van der Waals surface area (Å²) in [6.07, 6.45) is 0.918. The Kier molecular flexibility index (Phi) is 6.11. The Hall–Kier alpha value is -2.85. The van der Waals surface area contributed by atoms with Crippen LogP contribution in [0.1, 0.15) is 52.4 Å². The zero-order valence-corrected chi connectivity index (χ0v) is 20.1. The molecule has 0 spiro atoms. The fourth-order valence-electron chi connectivity index (χ4n) is 4.75. The molecule has 2 aliphatic heterocycles. The van der Waals surface area contributed by atoms with E-state index in [1.807, 2.05) is 31.1 Å². The summed E-state index contributed by atoms with van der Waals surface area (Å²) < 4.78 is 13.4. The van der Waals surface area contributed by atoms with Crippen molar-refractivity contribution in [1.82, 2.24) is 19.7 Å². The third-order valence-electron chi connectivity index (χ3n) is 6.93. The minimum Gasteiger partial charge on any atom is -0.343 e. The van der Waals surface area contributed by atoms with Crippen molar-refractivity contribution < 1.29 is 18.8 Å². The maximum atomic E-state index is 13.4. The number of nitrogens with zero attached hydrogens (tertiary/aromatic N) is 4. The van der Waals surface area contributed by atoms with E-state index in [0.29, 0.717) is 35.9 Å². The molecule has 4 atom stereocenters. The SMILES string of the molecule is CN1CCN(C)C(c2ccc(NC(=O)c3csc([C@H]4CCCN4C(=O)C4C[C@@H]4F)n3)cc2)C1=O. The number of benzene rings is 1. The van der Waals surface area contributed by atoms with Gasteiger partial charge in [0.1, 0.15) is 22.9 Å². The van der Waals surface area contributed by atoms with E-state index in [-0.39, 0.29) is 29.8 Å². The van der Waals surface area contributed by atoms with Crippen LogP contribution in [0, 0.1) is 5.92 Å². The van der Waals surface area contributed by atoms with Crippen LogP contribution < -0.4 is 5.32 Å². The van der Waals surface area contributed by atoms with Gasteiger partial charge in [0, 0.05) is 37.7 Å². The van der Waals surface area contributed by atoms with Crippen molar-refractivity contribution in [3.63, 3.8) is 0 Å². The van der Waals surface area contributed by atoms with Crippen LogP contribution in [0.25, 0.3) is 0 Å². The van der Waals surface area contributed by atoms with E-state index in [9.17, 15) is 18.8 Å². The Morgan fingerprint density at radius 1 is 1.15 bits per heavy atom. The first-order chi connectivity index (χ1) is 16.3. The van der Waals surface area contributed by atoms with Crippen LogP contribution >= 0.6 is 11.3 Å². The molecule has 1 aromatic carbocycles. The number of carbonyl (C=O) groups excluding carboxylic acids is 3. The van der Waals surface area contributed by atoms with Gasteiger partial charge in [-0.3, -0.25) is 19.3 Å². The molecule has 1 N–H and O–H groups in total. The number of nitrogens with one attached hydrogen (secondary N) is 1. The Morgan fingerprint density at radius 2 is 1.88 bits per heavy atom. The lowest BCUT2D eigenvalue weighted by Gasteiger charge is -2.37. The fraction of sp³-hybridized carbons (Fsp3) is 0.500. The van der Waals surface area contributed by atoms with Gasteiger partial charge in [-0.25, -0.2) is 9.37 Å². The van der Waals surface area contributed by atoms with Gasteiger partial charge in [0.15, 0.2) is 0 Å². The molecule has 34 heavy (non-hydrogen) atoms. The quantitative estimate of drug-likeness (QED) is 0.704. The number of alkyl halides is 1. The number of carbonyl (C=O) groups is 3. The number of halogens is 1. The number of thiazole rings is 1. The van der Waals surface area contributed by atoms with Gasteiger partial charge in [0.25, 0.3) is 5.91 Å². The molecule has 0 radical (unpaired) electrons. The summed E-state index contributed by atoms with van der Waals surface area (Å²) in [6, 6.07) is 6.78. The topological polar surface area (TPSA) is 85.8 Å². The molecule has 1 aromatic heterocycles. The normalized spacial score (nSPS) is 27.2. The van der Waals surface area contributed by atoms with E-state index in [4.69, 9.17) is 0 Å². The third-order valence-corrected chi connectivity index (χ3v) is 7.87. The van der Waals surface area contributed by atoms with Crippen molar-refractivity contribution in [3.8, 4) is 0 Å². The van der Waals surface area contributed by atoms with Crippen LogP contribution in [0.3, 0.4) is 0 Å². The molecule has 3 amide bonds. The molecule has 0 bridgehead atoms. The molecular weight excluding hydrogens is 457 g/mol. The Morgan fingerprint density at radius 3 is 2.59 bits per heavy atom. The number of piperazine rings is 1. The van der Waals surface area contributed by atoms with Crippen LogP contribution in [-0.2, 0) is 9.59 Å².